The van der Waals surface area contributed by atoms with Gasteiger partial charge in [0.15, 0.2) is 0 Å². The van der Waals surface area contributed by atoms with Crippen molar-refractivity contribution in [3.63, 3.8) is 0 Å². The summed E-state index contributed by atoms with van der Waals surface area (Å²) in [5, 5.41) is 3.21. The molecule has 0 saturated carbocycles. The van der Waals surface area contributed by atoms with E-state index in [0.29, 0.717) is 12.6 Å². The van der Waals surface area contributed by atoms with Gasteiger partial charge < -0.3 is 15.0 Å². The zero-order valence-corrected chi connectivity index (χ0v) is 11.2. The molecule has 1 saturated heterocycles. The van der Waals surface area contributed by atoms with Crippen LogP contribution in [-0.4, -0.2) is 49.7 Å². The Hall–Kier alpha value is -0.610. The molecule has 1 fully saturated rings. The van der Waals surface area contributed by atoms with Gasteiger partial charge >= 0.3 is 0 Å². The van der Waals surface area contributed by atoms with Crippen LogP contribution in [-0.2, 0) is 9.53 Å². The molecular formula is C13H26N2O2. The fourth-order valence-electron chi connectivity index (χ4n) is 2.16. The molecule has 4 nitrogen and oxygen atoms in total. The summed E-state index contributed by atoms with van der Waals surface area (Å²) in [7, 11) is 0. The third kappa shape index (κ3) is 5.50. The van der Waals surface area contributed by atoms with E-state index in [2.05, 4.69) is 19.2 Å². The lowest BCUT2D eigenvalue weighted by atomic mass is 10.2. The number of hydrogen-bond acceptors (Lipinski definition) is 3. The van der Waals surface area contributed by atoms with Crippen LogP contribution in [0.15, 0.2) is 0 Å². The van der Waals surface area contributed by atoms with E-state index in [4.69, 9.17) is 4.74 Å². The van der Waals surface area contributed by atoms with Gasteiger partial charge in [-0.15, -0.1) is 0 Å². The van der Waals surface area contributed by atoms with Gasteiger partial charge in [-0.25, -0.2) is 0 Å². The van der Waals surface area contributed by atoms with Gasteiger partial charge in [0, 0.05) is 26.2 Å². The van der Waals surface area contributed by atoms with Gasteiger partial charge in [0.05, 0.1) is 12.6 Å². The molecule has 0 aromatic rings. The van der Waals surface area contributed by atoms with Crippen molar-refractivity contribution in [2.24, 2.45) is 0 Å². The van der Waals surface area contributed by atoms with Crippen LogP contribution in [0.25, 0.3) is 0 Å². The number of ether oxygens (including phenoxy) is 1. The summed E-state index contributed by atoms with van der Waals surface area (Å²) < 4.78 is 5.50. The maximum absolute atomic E-state index is 11.9. The molecule has 0 spiro atoms. The molecule has 1 aliphatic heterocycles. The van der Waals surface area contributed by atoms with Crippen molar-refractivity contribution in [2.45, 2.75) is 45.6 Å². The first-order valence-corrected chi connectivity index (χ1v) is 6.88. The lowest BCUT2D eigenvalue weighted by molar-refractivity contribution is -0.130. The summed E-state index contributed by atoms with van der Waals surface area (Å²) in [6.07, 6.45) is 4.63. The summed E-state index contributed by atoms with van der Waals surface area (Å²) in [4.78, 5) is 13.9. The van der Waals surface area contributed by atoms with Crippen molar-refractivity contribution >= 4 is 5.91 Å². The number of hydrogen-bond donors (Lipinski definition) is 1. The number of carbonyl (C=O) groups is 1. The Morgan fingerprint density at radius 3 is 2.59 bits per heavy atom. The number of carbonyl (C=O) groups excluding carboxylic acids is 1. The second-order valence-corrected chi connectivity index (χ2v) is 4.65. The molecule has 0 aromatic heterocycles. The summed E-state index contributed by atoms with van der Waals surface area (Å²) >= 11 is 0. The molecule has 1 unspecified atom stereocenters. The SMILES string of the molecule is CCCN(CCC)C(=O)CNCC1CCCO1. The predicted octanol–water partition coefficient (Wildman–Crippen LogP) is 1.40. The van der Waals surface area contributed by atoms with Crippen molar-refractivity contribution in [1.29, 1.82) is 0 Å². The van der Waals surface area contributed by atoms with Crippen LogP contribution < -0.4 is 5.32 Å². The molecule has 4 heteroatoms. The van der Waals surface area contributed by atoms with Crippen LogP contribution in [0.5, 0.6) is 0 Å². The maximum atomic E-state index is 11.9. The van der Waals surface area contributed by atoms with E-state index in [1.807, 2.05) is 4.90 Å². The number of amides is 1. The Kier molecular flexibility index (Phi) is 7.21. The molecule has 100 valence electrons. The topological polar surface area (TPSA) is 41.6 Å². The lowest BCUT2D eigenvalue weighted by Gasteiger charge is -2.22. The van der Waals surface area contributed by atoms with E-state index >= 15 is 0 Å². The average molecular weight is 242 g/mol. The first-order chi connectivity index (χ1) is 8.27. The monoisotopic (exact) mass is 242 g/mol. The van der Waals surface area contributed by atoms with Crippen molar-refractivity contribution in [2.75, 3.05) is 32.8 Å². The molecule has 17 heavy (non-hydrogen) atoms. The number of nitrogens with one attached hydrogen (secondary N) is 1. The van der Waals surface area contributed by atoms with Gasteiger partial charge in [-0.2, -0.15) is 0 Å². The van der Waals surface area contributed by atoms with Crippen molar-refractivity contribution in [3.8, 4) is 0 Å². The van der Waals surface area contributed by atoms with E-state index in [-0.39, 0.29) is 5.91 Å². The van der Waals surface area contributed by atoms with Crippen molar-refractivity contribution in [3.05, 3.63) is 0 Å². The molecule has 0 aromatic carbocycles. The zero-order valence-electron chi connectivity index (χ0n) is 11.2. The highest BCUT2D eigenvalue weighted by atomic mass is 16.5. The molecule has 0 radical (unpaired) electrons. The minimum atomic E-state index is 0.215. The summed E-state index contributed by atoms with van der Waals surface area (Å²) in [5.74, 6) is 0.215. The minimum Gasteiger partial charge on any atom is -0.377 e. The van der Waals surface area contributed by atoms with Gasteiger partial charge in [0.25, 0.3) is 0 Å². The van der Waals surface area contributed by atoms with E-state index < -0.39 is 0 Å². The van der Waals surface area contributed by atoms with E-state index in [1.54, 1.807) is 0 Å². The van der Waals surface area contributed by atoms with Crippen LogP contribution in [0.3, 0.4) is 0 Å². The zero-order chi connectivity index (χ0) is 12.5. The van der Waals surface area contributed by atoms with Crippen LogP contribution >= 0.6 is 0 Å². The van der Waals surface area contributed by atoms with Gasteiger partial charge in [-0.3, -0.25) is 4.79 Å². The molecule has 0 aliphatic carbocycles. The summed E-state index contributed by atoms with van der Waals surface area (Å²) in [6, 6.07) is 0. The standard InChI is InChI=1S/C13H26N2O2/c1-3-7-15(8-4-2)13(16)11-14-10-12-6-5-9-17-12/h12,14H,3-11H2,1-2H3. The Bertz CT molecular complexity index is 209. The van der Waals surface area contributed by atoms with E-state index in [0.717, 1.165) is 51.9 Å². The van der Waals surface area contributed by atoms with E-state index in [1.165, 1.54) is 0 Å². The summed E-state index contributed by atoms with van der Waals surface area (Å²) in [5.41, 5.74) is 0. The van der Waals surface area contributed by atoms with Gasteiger partial charge in [0.1, 0.15) is 0 Å². The molecule has 1 heterocycles. The highest BCUT2D eigenvalue weighted by molar-refractivity contribution is 5.78. The second-order valence-electron chi connectivity index (χ2n) is 4.65. The minimum absolute atomic E-state index is 0.215. The second kappa shape index (κ2) is 8.48. The van der Waals surface area contributed by atoms with Crippen molar-refractivity contribution < 1.29 is 9.53 Å². The van der Waals surface area contributed by atoms with Crippen LogP contribution in [0.2, 0.25) is 0 Å². The fourth-order valence-corrected chi connectivity index (χ4v) is 2.16. The smallest absolute Gasteiger partial charge is 0.236 e. The molecule has 1 aliphatic rings. The molecule has 0 bridgehead atoms. The van der Waals surface area contributed by atoms with Crippen LogP contribution in [0.1, 0.15) is 39.5 Å². The quantitative estimate of drug-likeness (QED) is 0.699. The van der Waals surface area contributed by atoms with Gasteiger partial charge in [-0.05, 0) is 25.7 Å². The normalized spacial score (nSPS) is 19.5. The Labute approximate surface area is 105 Å². The third-order valence-corrected chi connectivity index (χ3v) is 3.01. The van der Waals surface area contributed by atoms with Gasteiger partial charge in [-0.1, -0.05) is 13.8 Å². The van der Waals surface area contributed by atoms with Crippen LogP contribution in [0, 0.1) is 0 Å². The predicted molar refractivity (Wildman–Crippen MR) is 69.0 cm³/mol. The first kappa shape index (κ1) is 14.5. The largest absolute Gasteiger partial charge is 0.377 e. The van der Waals surface area contributed by atoms with E-state index in [9.17, 15) is 4.79 Å². The Morgan fingerprint density at radius 1 is 1.35 bits per heavy atom. The highest BCUT2D eigenvalue weighted by Crippen LogP contribution is 2.10. The molecule has 1 amide bonds. The first-order valence-electron chi connectivity index (χ1n) is 6.88. The third-order valence-electron chi connectivity index (χ3n) is 3.01. The molecule has 1 N–H and O–H groups in total. The summed E-state index contributed by atoms with van der Waals surface area (Å²) in [6.45, 7) is 8.07. The molecule has 1 atom stereocenters. The highest BCUT2D eigenvalue weighted by Gasteiger charge is 2.16. The molecule has 1 rings (SSSR count). The number of nitrogens with zero attached hydrogens (tertiary/aromatic N) is 1. The fraction of sp³-hybridized carbons (Fsp3) is 0.923. The molecular weight excluding hydrogens is 216 g/mol. The number of rotatable bonds is 8. The van der Waals surface area contributed by atoms with Crippen molar-refractivity contribution in [1.82, 2.24) is 10.2 Å². The Morgan fingerprint density at radius 2 is 2.06 bits per heavy atom. The lowest BCUT2D eigenvalue weighted by Crippen LogP contribution is -2.41. The van der Waals surface area contributed by atoms with Crippen LogP contribution in [0.4, 0.5) is 0 Å². The Balaban J connectivity index is 2.16. The average Bonchev–Trinajstić information content (AvgIpc) is 2.81. The van der Waals surface area contributed by atoms with Gasteiger partial charge in [0.2, 0.25) is 5.91 Å². The maximum Gasteiger partial charge on any atom is 0.236 e.